The Morgan fingerprint density at radius 2 is 2.17 bits per heavy atom. The summed E-state index contributed by atoms with van der Waals surface area (Å²) in [5.74, 6) is -0.357. The zero-order valence-electron chi connectivity index (χ0n) is 10.6. The van der Waals surface area contributed by atoms with Crippen LogP contribution in [-0.2, 0) is 11.3 Å². The summed E-state index contributed by atoms with van der Waals surface area (Å²) in [5.41, 5.74) is 12.4. The summed E-state index contributed by atoms with van der Waals surface area (Å²) in [6, 6.07) is 3.91. The molecule has 0 atom stereocenters. The summed E-state index contributed by atoms with van der Waals surface area (Å²) in [5, 5.41) is 0. The van der Waals surface area contributed by atoms with E-state index < -0.39 is 0 Å². The van der Waals surface area contributed by atoms with E-state index in [2.05, 4.69) is 4.98 Å². The van der Waals surface area contributed by atoms with Crippen molar-refractivity contribution in [3.05, 3.63) is 29.6 Å². The molecule has 5 nitrogen and oxygen atoms in total. The highest BCUT2D eigenvalue weighted by molar-refractivity contribution is 7.80. The highest BCUT2D eigenvalue weighted by Gasteiger charge is 2.15. The zero-order valence-corrected chi connectivity index (χ0v) is 11.4. The molecule has 1 amide bonds. The number of rotatable bonds is 6. The summed E-state index contributed by atoms with van der Waals surface area (Å²) in [6.45, 7) is 4.74. The third-order valence-corrected chi connectivity index (χ3v) is 2.78. The first-order valence-electron chi connectivity index (χ1n) is 5.68. The first-order chi connectivity index (χ1) is 8.41. The topological polar surface area (TPSA) is 85.2 Å². The minimum absolute atomic E-state index is 0.192. The van der Waals surface area contributed by atoms with Crippen LogP contribution in [0.15, 0.2) is 18.3 Å². The van der Waals surface area contributed by atoms with Gasteiger partial charge in [-0.15, -0.1) is 0 Å². The zero-order chi connectivity index (χ0) is 13.7. The molecule has 1 heterocycles. The van der Waals surface area contributed by atoms with E-state index in [9.17, 15) is 4.79 Å². The Bertz CT molecular complexity index is 447. The predicted molar refractivity (Wildman–Crippen MR) is 74.9 cm³/mol. The molecule has 0 fully saturated rings. The van der Waals surface area contributed by atoms with E-state index in [1.54, 1.807) is 6.20 Å². The Morgan fingerprint density at radius 1 is 1.50 bits per heavy atom. The van der Waals surface area contributed by atoms with Gasteiger partial charge in [-0.3, -0.25) is 14.7 Å². The maximum atomic E-state index is 11.0. The van der Waals surface area contributed by atoms with E-state index in [1.807, 2.05) is 30.9 Å². The molecule has 18 heavy (non-hydrogen) atoms. The summed E-state index contributed by atoms with van der Waals surface area (Å²) in [7, 11) is 0. The molecule has 6 heteroatoms. The lowest BCUT2D eigenvalue weighted by atomic mass is 10.1. The number of amides is 1. The number of hydrogen-bond acceptors (Lipinski definition) is 4. The maximum Gasteiger partial charge on any atom is 0.231 e. The number of nitrogens with zero attached hydrogens (tertiary/aromatic N) is 2. The first kappa shape index (κ1) is 14.5. The highest BCUT2D eigenvalue weighted by Crippen LogP contribution is 2.11. The van der Waals surface area contributed by atoms with Crippen molar-refractivity contribution in [3.8, 4) is 0 Å². The van der Waals surface area contributed by atoms with E-state index in [0.29, 0.717) is 12.2 Å². The van der Waals surface area contributed by atoms with E-state index in [4.69, 9.17) is 23.7 Å². The van der Waals surface area contributed by atoms with Gasteiger partial charge in [0.2, 0.25) is 5.91 Å². The van der Waals surface area contributed by atoms with Gasteiger partial charge in [-0.05, 0) is 25.5 Å². The molecule has 0 aliphatic carbocycles. The number of carbonyl (C=O) groups is 1. The molecule has 0 spiro atoms. The molecule has 0 saturated carbocycles. The van der Waals surface area contributed by atoms with Gasteiger partial charge in [0.05, 0.1) is 6.54 Å². The monoisotopic (exact) mass is 266 g/mol. The second kappa shape index (κ2) is 6.42. The summed E-state index contributed by atoms with van der Waals surface area (Å²) in [6.07, 6.45) is 1.64. The molecule has 0 aromatic carbocycles. The van der Waals surface area contributed by atoms with Crippen LogP contribution in [0, 0.1) is 0 Å². The number of thiocarbonyl (C=S) groups is 1. The van der Waals surface area contributed by atoms with Gasteiger partial charge in [0, 0.05) is 18.8 Å². The Morgan fingerprint density at radius 3 is 2.67 bits per heavy atom. The maximum absolute atomic E-state index is 11.0. The Hall–Kier alpha value is -1.53. The van der Waals surface area contributed by atoms with E-state index in [-0.39, 0.29) is 23.5 Å². The molecular weight excluding hydrogens is 248 g/mol. The predicted octanol–water partition coefficient (Wildman–Crippen LogP) is 0.412. The van der Waals surface area contributed by atoms with Gasteiger partial charge < -0.3 is 11.5 Å². The minimum atomic E-state index is -0.357. The lowest BCUT2D eigenvalue weighted by Gasteiger charge is -2.25. The van der Waals surface area contributed by atoms with E-state index in [1.165, 1.54) is 0 Å². The molecule has 0 saturated heterocycles. The highest BCUT2D eigenvalue weighted by atomic mass is 32.1. The van der Waals surface area contributed by atoms with Crippen molar-refractivity contribution in [2.24, 2.45) is 11.5 Å². The Balaban J connectivity index is 2.93. The summed E-state index contributed by atoms with van der Waals surface area (Å²) < 4.78 is 0. The van der Waals surface area contributed by atoms with Gasteiger partial charge in [-0.25, -0.2) is 0 Å². The van der Waals surface area contributed by atoms with Crippen molar-refractivity contribution >= 4 is 23.1 Å². The van der Waals surface area contributed by atoms with E-state index in [0.717, 1.165) is 5.56 Å². The Kier molecular flexibility index (Phi) is 5.18. The van der Waals surface area contributed by atoms with Crippen LogP contribution < -0.4 is 11.5 Å². The van der Waals surface area contributed by atoms with Crippen LogP contribution in [-0.4, -0.2) is 33.4 Å². The molecule has 0 bridgehead atoms. The third kappa shape index (κ3) is 4.05. The van der Waals surface area contributed by atoms with Gasteiger partial charge in [-0.1, -0.05) is 18.3 Å². The molecule has 98 valence electrons. The Labute approximate surface area is 112 Å². The SMILES string of the molecule is CC(C)N(CC(N)=O)Cc1cccnc1C(N)=S. The molecule has 4 N–H and O–H groups in total. The van der Waals surface area contributed by atoms with Crippen molar-refractivity contribution in [3.63, 3.8) is 0 Å². The lowest BCUT2D eigenvalue weighted by Crippen LogP contribution is -2.38. The minimum Gasteiger partial charge on any atom is -0.388 e. The first-order valence-corrected chi connectivity index (χ1v) is 6.08. The fourth-order valence-electron chi connectivity index (χ4n) is 1.63. The van der Waals surface area contributed by atoms with E-state index >= 15 is 0 Å². The number of hydrogen-bond donors (Lipinski definition) is 2. The molecule has 0 unspecified atom stereocenters. The van der Waals surface area contributed by atoms with Crippen molar-refractivity contribution in [1.29, 1.82) is 0 Å². The fourth-order valence-corrected chi connectivity index (χ4v) is 1.81. The van der Waals surface area contributed by atoms with Crippen molar-refractivity contribution in [1.82, 2.24) is 9.88 Å². The lowest BCUT2D eigenvalue weighted by molar-refractivity contribution is -0.119. The van der Waals surface area contributed by atoms with Crippen LogP contribution in [0.1, 0.15) is 25.1 Å². The van der Waals surface area contributed by atoms with Crippen molar-refractivity contribution in [2.75, 3.05) is 6.54 Å². The fraction of sp³-hybridized carbons (Fsp3) is 0.417. The van der Waals surface area contributed by atoms with Gasteiger partial charge >= 0.3 is 0 Å². The van der Waals surface area contributed by atoms with Gasteiger partial charge in [0.1, 0.15) is 10.7 Å². The van der Waals surface area contributed by atoms with Crippen LogP contribution in [0.3, 0.4) is 0 Å². The molecule has 0 aliphatic rings. The van der Waals surface area contributed by atoms with Crippen LogP contribution in [0.4, 0.5) is 0 Å². The number of pyridine rings is 1. The number of aromatic nitrogens is 1. The molecular formula is C12H18N4OS. The van der Waals surface area contributed by atoms with Crippen LogP contribution in [0.25, 0.3) is 0 Å². The summed E-state index contributed by atoms with van der Waals surface area (Å²) >= 11 is 4.96. The average Bonchev–Trinajstić information content (AvgIpc) is 2.27. The van der Waals surface area contributed by atoms with Gasteiger partial charge in [-0.2, -0.15) is 0 Å². The van der Waals surface area contributed by atoms with Crippen LogP contribution in [0.5, 0.6) is 0 Å². The second-order valence-corrected chi connectivity index (χ2v) is 4.78. The van der Waals surface area contributed by atoms with Crippen LogP contribution >= 0.6 is 12.2 Å². The summed E-state index contributed by atoms with van der Waals surface area (Å²) in [4.78, 5) is 17.4. The average molecular weight is 266 g/mol. The quantitative estimate of drug-likeness (QED) is 0.729. The van der Waals surface area contributed by atoms with Gasteiger partial charge in [0.25, 0.3) is 0 Å². The largest absolute Gasteiger partial charge is 0.388 e. The van der Waals surface area contributed by atoms with Gasteiger partial charge in [0.15, 0.2) is 0 Å². The molecule has 1 aromatic heterocycles. The standard InChI is InChI=1S/C12H18N4OS/c1-8(2)16(7-10(13)17)6-9-4-3-5-15-11(9)12(14)18/h3-5,8H,6-7H2,1-2H3,(H2,13,17)(H2,14,18). The second-order valence-electron chi connectivity index (χ2n) is 4.34. The number of primary amides is 1. The number of nitrogens with two attached hydrogens (primary N) is 2. The molecule has 1 rings (SSSR count). The van der Waals surface area contributed by atoms with Crippen molar-refractivity contribution < 1.29 is 4.79 Å². The van der Waals surface area contributed by atoms with Crippen molar-refractivity contribution in [2.45, 2.75) is 26.4 Å². The van der Waals surface area contributed by atoms with Crippen LogP contribution in [0.2, 0.25) is 0 Å². The molecule has 1 aromatic rings. The normalized spacial score (nSPS) is 10.9. The number of carbonyl (C=O) groups excluding carboxylic acids is 1. The molecule has 0 aliphatic heterocycles. The molecule has 0 radical (unpaired) electrons. The third-order valence-electron chi connectivity index (χ3n) is 2.59. The smallest absolute Gasteiger partial charge is 0.231 e.